The number of hydrogen-bond donors (Lipinski definition) is 2. The van der Waals surface area contributed by atoms with Gasteiger partial charge in [-0.1, -0.05) is 19.3 Å². The second kappa shape index (κ2) is 4.65. The highest BCUT2D eigenvalue weighted by Crippen LogP contribution is 2.38. The van der Waals surface area contributed by atoms with Gasteiger partial charge in [-0.3, -0.25) is 0 Å². The maximum absolute atomic E-state index is 5.96. The van der Waals surface area contributed by atoms with Crippen molar-refractivity contribution in [2.75, 3.05) is 5.73 Å². The van der Waals surface area contributed by atoms with E-state index in [2.05, 4.69) is 17.1 Å². The quantitative estimate of drug-likeness (QED) is 0.781. The number of benzene rings is 1. The molecule has 2 nitrogen and oxygen atoms in total. The van der Waals surface area contributed by atoms with Crippen LogP contribution in [0.2, 0.25) is 0 Å². The van der Waals surface area contributed by atoms with Gasteiger partial charge in [-0.2, -0.15) is 0 Å². The Morgan fingerprint density at radius 2 is 2.00 bits per heavy atom. The van der Waals surface area contributed by atoms with E-state index >= 15 is 0 Å². The number of H-pyrrole nitrogens is 1. The van der Waals surface area contributed by atoms with Crippen molar-refractivity contribution in [2.45, 2.75) is 42.2 Å². The van der Waals surface area contributed by atoms with Crippen molar-refractivity contribution in [1.82, 2.24) is 4.98 Å². The number of aromatic nitrogens is 1. The summed E-state index contributed by atoms with van der Waals surface area (Å²) in [4.78, 5) is 4.59. The number of aromatic amines is 1. The van der Waals surface area contributed by atoms with Gasteiger partial charge in [0.25, 0.3) is 0 Å². The van der Waals surface area contributed by atoms with Crippen molar-refractivity contribution in [3.8, 4) is 0 Å². The molecule has 0 spiro atoms. The molecule has 1 aromatic carbocycles. The van der Waals surface area contributed by atoms with Gasteiger partial charge in [-0.15, -0.1) is 11.8 Å². The fraction of sp³-hybridized carbons (Fsp3) is 0.429. The molecule has 1 aromatic heterocycles. The van der Waals surface area contributed by atoms with Crippen LogP contribution in [-0.2, 0) is 0 Å². The molecule has 2 aromatic rings. The number of hydrogen-bond acceptors (Lipinski definition) is 2. The second-order valence-electron chi connectivity index (χ2n) is 4.84. The van der Waals surface area contributed by atoms with Crippen LogP contribution in [0, 0.1) is 0 Å². The Balaban J connectivity index is 1.90. The summed E-state index contributed by atoms with van der Waals surface area (Å²) in [6, 6.07) is 6.29. The summed E-state index contributed by atoms with van der Waals surface area (Å²) in [6.45, 7) is 0. The van der Waals surface area contributed by atoms with Gasteiger partial charge in [0.1, 0.15) is 0 Å². The Morgan fingerprint density at radius 1 is 1.18 bits per heavy atom. The minimum atomic E-state index is 0.781. The fourth-order valence-corrected chi connectivity index (χ4v) is 4.05. The van der Waals surface area contributed by atoms with Crippen LogP contribution in [0.4, 0.5) is 5.69 Å². The summed E-state index contributed by atoms with van der Waals surface area (Å²) in [5, 5.41) is 2.10. The molecule has 3 heteroatoms. The van der Waals surface area contributed by atoms with Crippen molar-refractivity contribution in [1.29, 1.82) is 0 Å². The Kier molecular flexibility index (Phi) is 3.02. The maximum Gasteiger partial charge on any atom is 0.0485 e. The molecule has 0 bridgehead atoms. The largest absolute Gasteiger partial charge is 0.399 e. The predicted octanol–water partition coefficient (Wildman–Crippen LogP) is 4.17. The van der Waals surface area contributed by atoms with Crippen molar-refractivity contribution < 1.29 is 0 Å². The molecule has 0 aliphatic heterocycles. The molecule has 3 N–H and O–H groups in total. The number of nitrogens with one attached hydrogen (secondary N) is 1. The summed E-state index contributed by atoms with van der Waals surface area (Å²) >= 11 is 2.01. The molecular weight excluding hydrogens is 228 g/mol. The molecule has 0 radical (unpaired) electrons. The van der Waals surface area contributed by atoms with Crippen LogP contribution < -0.4 is 5.73 Å². The van der Waals surface area contributed by atoms with Crippen LogP contribution in [0.1, 0.15) is 32.1 Å². The molecule has 90 valence electrons. The van der Waals surface area contributed by atoms with Crippen molar-refractivity contribution in [3.05, 3.63) is 24.4 Å². The molecule has 17 heavy (non-hydrogen) atoms. The Morgan fingerprint density at radius 3 is 2.82 bits per heavy atom. The molecule has 3 rings (SSSR count). The normalized spacial score (nSPS) is 17.6. The lowest BCUT2D eigenvalue weighted by Crippen LogP contribution is -2.07. The van der Waals surface area contributed by atoms with Crippen LogP contribution in [0.25, 0.3) is 10.9 Å². The van der Waals surface area contributed by atoms with Crippen LogP contribution in [-0.4, -0.2) is 10.2 Å². The van der Waals surface area contributed by atoms with Crippen molar-refractivity contribution >= 4 is 28.4 Å². The molecule has 0 saturated heterocycles. The Bertz CT molecular complexity index is 512. The first-order chi connectivity index (χ1) is 8.33. The van der Waals surface area contributed by atoms with E-state index < -0.39 is 0 Å². The van der Waals surface area contributed by atoms with E-state index in [1.165, 1.54) is 42.4 Å². The van der Waals surface area contributed by atoms with Crippen molar-refractivity contribution in [2.24, 2.45) is 0 Å². The zero-order valence-corrected chi connectivity index (χ0v) is 10.7. The number of fused-ring (bicyclic) bond motifs is 1. The van der Waals surface area contributed by atoms with Gasteiger partial charge in [0.05, 0.1) is 0 Å². The molecule has 0 unspecified atom stereocenters. The number of anilines is 1. The summed E-state index contributed by atoms with van der Waals surface area (Å²) in [5.41, 5.74) is 7.97. The highest BCUT2D eigenvalue weighted by molar-refractivity contribution is 8.00. The average molecular weight is 246 g/mol. The van der Waals surface area contributed by atoms with Crippen LogP contribution in [0.3, 0.4) is 0 Å². The van der Waals surface area contributed by atoms with E-state index in [-0.39, 0.29) is 0 Å². The summed E-state index contributed by atoms with van der Waals surface area (Å²) < 4.78 is 0. The minimum absolute atomic E-state index is 0.781. The summed E-state index contributed by atoms with van der Waals surface area (Å²) in [5.74, 6) is 0. The molecule has 1 saturated carbocycles. The third-order valence-electron chi connectivity index (χ3n) is 3.50. The molecule has 1 aliphatic carbocycles. The molecule has 0 amide bonds. The van der Waals surface area contributed by atoms with E-state index in [1.807, 2.05) is 24.0 Å². The van der Waals surface area contributed by atoms with Gasteiger partial charge in [0.2, 0.25) is 0 Å². The monoisotopic (exact) mass is 246 g/mol. The van der Waals surface area contributed by atoms with Crippen molar-refractivity contribution in [3.63, 3.8) is 0 Å². The van der Waals surface area contributed by atoms with E-state index in [0.29, 0.717) is 0 Å². The number of thioether (sulfide) groups is 1. The lowest BCUT2D eigenvalue weighted by Gasteiger charge is -2.21. The zero-order valence-electron chi connectivity index (χ0n) is 9.91. The highest BCUT2D eigenvalue weighted by atomic mass is 32.2. The summed E-state index contributed by atoms with van der Waals surface area (Å²) in [7, 11) is 0. The highest BCUT2D eigenvalue weighted by Gasteiger charge is 2.16. The van der Waals surface area contributed by atoms with Gasteiger partial charge in [-0.25, -0.2) is 0 Å². The Labute approximate surface area is 106 Å². The standard InChI is InChI=1S/C14H18N2S/c15-10-8-13-12(6-7-16-13)14(9-10)17-11-4-2-1-3-5-11/h6-9,11,16H,1-5,15H2. The lowest BCUT2D eigenvalue weighted by atomic mass is 10.0. The van der Waals surface area contributed by atoms with E-state index in [1.54, 1.807) is 0 Å². The molecular formula is C14H18N2S. The third-order valence-corrected chi connectivity index (χ3v) is 4.90. The van der Waals surface area contributed by atoms with Gasteiger partial charge in [-0.05, 0) is 31.0 Å². The maximum atomic E-state index is 5.96. The predicted molar refractivity (Wildman–Crippen MR) is 75.4 cm³/mol. The fourth-order valence-electron chi connectivity index (χ4n) is 2.61. The molecule has 1 aliphatic rings. The van der Waals surface area contributed by atoms with E-state index in [4.69, 9.17) is 5.73 Å². The number of rotatable bonds is 2. The third kappa shape index (κ3) is 2.29. The Hall–Kier alpha value is -1.09. The zero-order chi connectivity index (χ0) is 11.7. The molecule has 1 fully saturated rings. The smallest absolute Gasteiger partial charge is 0.0485 e. The molecule has 1 heterocycles. The van der Waals surface area contributed by atoms with Gasteiger partial charge >= 0.3 is 0 Å². The lowest BCUT2D eigenvalue weighted by molar-refractivity contribution is 0.516. The van der Waals surface area contributed by atoms with Gasteiger partial charge < -0.3 is 10.7 Å². The van der Waals surface area contributed by atoms with Gasteiger partial charge in [0, 0.05) is 32.9 Å². The van der Waals surface area contributed by atoms with E-state index in [0.717, 1.165) is 16.5 Å². The number of nitrogens with two attached hydrogens (primary N) is 1. The van der Waals surface area contributed by atoms with Crippen LogP contribution in [0.5, 0.6) is 0 Å². The first kappa shape index (κ1) is 11.0. The topological polar surface area (TPSA) is 41.8 Å². The first-order valence-electron chi connectivity index (χ1n) is 6.36. The number of nitrogen functional groups attached to an aromatic ring is 1. The SMILES string of the molecule is Nc1cc(SC2CCCCC2)c2cc[nH]c2c1. The minimum Gasteiger partial charge on any atom is -0.399 e. The average Bonchev–Trinajstić information content (AvgIpc) is 2.78. The molecule has 0 atom stereocenters. The second-order valence-corrected chi connectivity index (χ2v) is 6.18. The summed E-state index contributed by atoms with van der Waals surface area (Å²) in [6.07, 6.45) is 8.88. The van der Waals surface area contributed by atoms with E-state index in [9.17, 15) is 0 Å². The van der Waals surface area contributed by atoms with Gasteiger partial charge in [0.15, 0.2) is 0 Å². The van der Waals surface area contributed by atoms with Crippen LogP contribution in [0.15, 0.2) is 29.3 Å². The van der Waals surface area contributed by atoms with Crippen LogP contribution >= 0.6 is 11.8 Å². The first-order valence-corrected chi connectivity index (χ1v) is 7.24.